The Balaban J connectivity index is 1.78. The summed E-state index contributed by atoms with van der Waals surface area (Å²) in [5.41, 5.74) is 4.61. The first-order chi connectivity index (χ1) is 13.3. The van der Waals surface area contributed by atoms with Gasteiger partial charge in [0.2, 0.25) is 5.91 Å². The number of aromatic nitrogens is 1. The van der Waals surface area contributed by atoms with Crippen LogP contribution in [0.4, 0.5) is 10.1 Å². The van der Waals surface area contributed by atoms with Gasteiger partial charge in [0, 0.05) is 16.6 Å². The number of rotatable bonds is 6. The van der Waals surface area contributed by atoms with Gasteiger partial charge in [0.15, 0.2) is 0 Å². The zero-order valence-electron chi connectivity index (χ0n) is 16.6. The van der Waals surface area contributed by atoms with Crippen LogP contribution in [0.5, 0.6) is 0 Å². The molecule has 1 amide bonds. The van der Waals surface area contributed by atoms with Gasteiger partial charge in [-0.2, -0.15) is 0 Å². The predicted molar refractivity (Wildman–Crippen MR) is 114 cm³/mol. The van der Waals surface area contributed by atoms with Crippen molar-refractivity contribution in [1.82, 2.24) is 4.98 Å². The Hall–Kier alpha value is -2.53. The summed E-state index contributed by atoms with van der Waals surface area (Å²) in [5.74, 6) is 0.241. The number of benzene rings is 2. The number of nitrogens with one attached hydrogen (secondary N) is 1. The van der Waals surface area contributed by atoms with Crippen molar-refractivity contribution in [2.45, 2.75) is 46.0 Å². The smallest absolute Gasteiger partial charge is 0.230 e. The van der Waals surface area contributed by atoms with E-state index in [-0.39, 0.29) is 18.1 Å². The highest BCUT2D eigenvalue weighted by Gasteiger charge is 2.17. The number of thiazole rings is 1. The second-order valence-electron chi connectivity index (χ2n) is 7.50. The highest BCUT2D eigenvalue weighted by molar-refractivity contribution is 7.13. The van der Waals surface area contributed by atoms with Crippen molar-refractivity contribution < 1.29 is 9.18 Å². The lowest BCUT2D eigenvalue weighted by Crippen LogP contribution is -2.18. The maximum Gasteiger partial charge on any atom is 0.230 e. The number of halogens is 1. The fraction of sp³-hybridized carbons (Fsp3) is 0.304. The minimum absolute atomic E-state index is 0.0916. The van der Waals surface area contributed by atoms with E-state index in [0.29, 0.717) is 22.5 Å². The number of hydrogen-bond donors (Lipinski definition) is 1. The third-order valence-electron chi connectivity index (χ3n) is 4.60. The van der Waals surface area contributed by atoms with E-state index in [2.05, 4.69) is 50.1 Å². The lowest BCUT2D eigenvalue weighted by atomic mass is 9.92. The molecule has 0 aliphatic rings. The molecular weight excluding hydrogens is 371 g/mol. The molecule has 0 atom stereocenters. The molecule has 3 nitrogen and oxygen atoms in total. The van der Waals surface area contributed by atoms with Crippen LogP contribution >= 0.6 is 11.3 Å². The Labute approximate surface area is 169 Å². The first-order valence-corrected chi connectivity index (χ1v) is 10.4. The molecule has 0 saturated carbocycles. The van der Waals surface area contributed by atoms with E-state index in [4.69, 9.17) is 0 Å². The van der Waals surface area contributed by atoms with Crippen LogP contribution in [0.15, 0.2) is 47.8 Å². The van der Waals surface area contributed by atoms with Crippen LogP contribution in [0.1, 0.15) is 56.4 Å². The van der Waals surface area contributed by atoms with Crippen molar-refractivity contribution >= 4 is 22.9 Å². The molecule has 3 aromatic rings. The molecule has 5 heteroatoms. The van der Waals surface area contributed by atoms with E-state index < -0.39 is 0 Å². The van der Waals surface area contributed by atoms with E-state index in [9.17, 15) is 9.18 Å². The van der Waals surface area contributed by atoms with Gasteiger partial charge in [0.1, 0.15) is 10.8 Å². The number of nitrogens with zero attached hydrogens (tertiary/aromatic N) is 1. The summed E-state index contributed by atoms with van der Waals surface area (Å²) in [6.45, 7) is 8.50. The number of carbonyl (C=O) groups excluding carboxylic acids is 1. The lowest BCUT2D eigenvalue weighted by molar-refractivity contribution is -0.115. The maximum absolute atomic E-state index is 13.4. The third kappa shape index (κ3) is 4.65. The highest BCUT2D eigenvalue weighted by atomic mass is 32.1. The van der Waals surface area contributed by atoms with Crippen molar-refractivity contribution in [1.29, 1.82) is 0 Å². The Morgan fingerprint density at radius 1 is 1.07 bits per heavy atom. The fourth-order valence-electron chi connectivity index (χ4n) is 3.19. The number of para-hydroxylation sites is 1. The van der Waals surface area contributed by atoms with Crippen molar-refractivity contribution in [2.75, 3.05) is 5.32 Å². The Bertz CT molecular complexity index is 952. The Morgan fingerprint density at radius 2 is 1.71 bits per heavy atom. The molecule has 3 rings (SSSR count). The summed E-state index contributed by atoms with van der Waals surface area (Å²) in [6.07, 6.45) is 0.190. The predicted octanol–water partition coefficient (Wildman–Crippen LogP) is 6.38. The lowest BCUT2D eigenvalue weighted by Gasteiger charge is -2.20. The first-order valence-electron chi connectivity index (χ1n) is 9.48. The van der Waals surface area contributed by atoms with Gasteiger partial charge < -0.3 is 5.32 Å². The molecule has 0 spiro atoms. The summed E-state index contributed by atoms with van der Waals surface area (Å²) in [5, 5.41) is 5.69. The van der Waals surface area contributed by atoms with Crippen LogP contribution in [0.3, 0.4) is 0 Å². The maximum atomic E-state index is 13.4. The Kier molecular flexibility index (Phi) is 6.25. The van der Waals surface area contributed by atoms with E-state index in [1.807, 2.05) is 17.5 Å². The van der Waals surface area contributed by atoms with Crippen LogP contribution in [-0.4, -0.2) is 10.9 Å². The van der Waals surface area contributed by atoms with Crippen LogP contribution < -0.4 is 5.32 Å². The van der Waals surface area contributed by atoms with Gasteiger partial charge in [-0.25, -0.2) is 9.37 Å². The third-order valence-corrected chi connectivity index (χ3v) is 5.54. The molecule has 0 aliphatic carbocycles. The zero-order chi connectivity index (χ0) is 20.3. The van der Waals surface area contributed by atoms with Gasteiger partial charge in [-0.1, -0.05) is 58.0 Å². The summed E-state index contributed by atoms with van der Waals surface area (Å²) in [4.78, 5) is 17.2. The normalized spacial score (nSPS) is 11.2. The summed E-state index contributed by atoms with van der Waals surface area (Å²) >= 11 is 1.42. The first kappa shape index (κ1) is 20.2. The molecule has 0 bridgehead atoms. The molecule has 1 aromatic heterocycles. The highest BCUT2D eigenvalue weighted by Crippen LogP contribution is 2.32. The standard InChI is InChI=1S/C23H25FN2OS/c1-14(2)19-9-6-10-20(15(3)4)22(19)26-21(27)12-18-13-28-23(25-18)16-7-5-8-17(24)11-16/h5-11,13-15H,12H2,1-4H3,(H,26,27). The van der Waals surface area contributed by atoms with Gasteiger partial charge in [0.05, 0.1) is 12.1 Å². The number of carbonyl (C=O) groups is 1. The van der Waals surface area contributed by atoms with Crippen molar-refractivity contribution in [3.05, 3.63) is 70.5 Å². The van der Waals surface area contributed by atoms with Gasteiger partial charge in [-0.3, -0.25) is 4.79 Å². The van der Waals surface area contributed by atoms with E-state index in [0.717, 1.165) is 22.4 Å². The van der Waals surface area contributed by atoms with Crippen molar-refractivity contribution in [3.63, 3.8) is 0 Å². The monoisotopic (exact) mass is 396 g/mol. The Morgan fingerprint density at radius 3 is 2.32 bits per heavy atom. The summed E-state index contributed by atoms with van der Waals surface area (Å²) in [7, 11) is 0. The molecule has 1 N–H and O–H groups in total. The average molecular weight is 397 g/mol. The van der Waals surface area contributed by atoms with Gasteiger partial charge in [0.25, 0.3) is 0 Å². The minimum Gasteiger partial charge on any atom is -0.325 e. The topological polar surface area (TPSA) is 42.0 Å². The van der Waals surface area contributed by atoms with Crippen LogP contribution in [0, 0.1) is 5.82 Å². The molecule has 0 unspecified atom stereocenters. The quantitative estimate of drug-likeness (QED) is 0.525. The number of amides is 1. The molecule has 146 valence electrons. The second kappa shape index (κ2) is 8.65. The zero-order valence-corrected chi connectivity index (χ0v) is 17.4. The van der Waals surface area contributed by atoms with Gasteiger partial charge in [-0.15, -0.1) is 11.3 Å². The van der Waals surface area contributed by atoms with Crippen molar-refractivity contribution in [2.24, 2.45) is 0 Å². The SMILES string of the molecule is CC(C)c1cccc(C(C)C)c1NC(=O)Cc1csc(-c2cccc(F)c2)n1. The molecule has 0 radical (unpaired) electrons. The number of hydrogen-bond acceptors (Lipinski definition) is 3. The molecule has 2 aromatic carbocycles. The average Bonchev–Trinajstić information content (AvgIpc) is 3.09. The largest absolute Gasteiger partial charge is 0.325 e. The van der Waals surface area contributed by atoms with E-state index >= 15 is 0 Å². The number of anilines is 1. The second-order valence-corrected chi connectivity index (χ2v) is 8.36. The van der Waals surface area contributed by atoms with Crippen molar-refractivity contribution in [3.8, 4) is 10.6 Å². The molecule has 0 aliphatic heterocycles. The van der Waals surface area contributed by atoms with Gasteiger partial charge in [-0.05, 0) is 35.1 Å². The minimum atomic E-state index is -0.293. The molecule has 0 saturated heterocycles. The van der Waals surface area contributed by atoms with Gasteiger partial charge >= 0.3 is 0 Å². The summed E-state index contributed by atoms with van der Waals surface area (Å²) < 4.78 is 13.4. The molecular formula is C23H25FN2OS. The molecule has 0 fully saturated rings. The van der Waals surface area contributed by atoms with Crippen LogP contribution in [0.2, 0.25) is 0 Å². The molecule has 1 heterocycles. The summed E-state index contributed by atoms with van der Waals surface area (Å²) in [6, 6.07) is 12.5. The molecule has 28 heavy (non-hydrogen) atoms. The van der Waals surface area contributed by atoms with E-state index in [1.54, 1.807) is 6.07 Å². The van der Waals surface area contributed by atoms with Crippen LogP contribution in [-0.2, 0) is 11.2 Å². The fourth-order valence-corrected chi connectivity index (χ4v) is 4.00. The van der Waals surface area contributed by atoms with Crippen LogP contribution in [0.25, 0.3) is 10.6 Å². The van der Waals surface area contributed by atoms with E-state index in [1.165, 1.54) is 23.5 Å².